The number of ether oxygens (including phenoxy) is 4. The lowest BCUT2D eigenvalue weighted by Crippen LogP contribution is -2.61. The van der Waals surface area contributed by atoms with Crippen LogP contribution in [0.3, 0.4) is 0 Å². The van der Waals surface area contributed by atoms with E-state index in [0.717, 1.165) is 64.2 Å². The lowest BCUT2D eigenvalue weighted by Gasteiger charge is -2.62. The van der Waals surface area contributed by atoms with E-state index in [4.69, 9.17) is 18.9 Å². The summed E-state index contributed by atoms with van der Waals surface area (Å²) < 4.78 is 22.7. The van der Waals surface area contributed by atoms with Crippen molar-refractivity contribution in [2.75, 3.05) is 26.2 Å². The van der Waals surface area contributed by atoms with Gasteiger partial charge >= 0.3 is 24.4 Å². The molecule has 0 aromatic carbocycles. The van der Waals surface area contributed by atoms with E-state index in [9.17, 15) is 29.1 Å². The molecule has 2 heterocycles. The molecule has 0 aromatic rings. The quantitative estimate of drug-likeness (QED) is 0.233. The Balaban J connectivity index is 0.000000179. The molecule has 14 heteroatoms. The Hall–Kier alpha value is -3.29. The molecule has 4 unspecified atom stereocenters. The highest BCUT2D eigenvalue weighted by Gasteiger charge is 2.62. The molecule has 8 bridgehead atoms. The van der Waals surface area contributed by atoms with E-state index >= 15 is 0 Å². The highest BCUT2D eigenvalue weighted by molar-refractivity contribution is 5.83. The molecule has 10 fully saturated rings. The van der Waals surface area contributed by atoms with Crippen molar-refractivity contribution >= 4 is 30.2 Å². The van der Waals surface area contributed by atoms with Gasteiger partial charge in [-0.05, 0) is 180 Å². The number of nitrogens with zero attached hydrogens (tertiary/aromatic N) is 2. The standard InChI is InChI=1S/C23H38N2O5.C22H34N2O5/c1-21(2,3)30-19(26)24-17-6-7-25(13-17)20(27)29-18-15-8-14-9-16(18)12-23(10-14,11-15)22(4,5)28;1-13(25)22-9-14-7-15(10-22)18(16(8-14)11-22)28-20(27)24-6-5-17(12-24)23-19(26)29-21(2,3)4/h14-18,28H,6-13H2,1-5H3,(H,24,26);14-18H,5-12H2,1-4H3,(H,23,26)/t14?,15?,16?,17-,18?,23?;14?,15?,16?,17-,18?,22?/m11/s1. The van der Waals surface area contributed by atoms with Gasteiger partial charge in [-0.15, -0.1) is 0 Å². The number of Topliss-reactive ketones (excluding diaryl/α,β-unsaturated/α-hetero) is 1. The molecular formula is C45H72N4O10. The second kappa shape index (κ2) is 15.9. The van der Waals surface area contributed by atoms with Crippen LogP contribution in [0.5, 0.6) is 0 Å². The molecule has 0 spiro atoms. The molecule has 59 heavy (non-hydrogen) atoms. The maximum absolute atomic E-state index is 12.9. The largest absolute Gasteiger partial charge is 0.446 e. The van der Waals surface area contributed by atoms with Gasteiger partial charge in [0.05, 0.1) is 17.7 Å². The van der Waals surface area contributed by atoms with Crippen LogP contribution in [0.1, 0.15) is 139 Å². The van der Waals surface area contributed by atoms with Crippen molar-refractivity contribution in [1.29, 1.82) is 0 Å². The van der Waals surface area contributed by atoms with Gasteiger partial charge in [0.1, 0.15) is 29.2 Å². The van der Waals surface area contributed by atoms with Crippen molar-refractivity contribution in [2.45, 2.75) is 180 Å². The van der Waals surface area contributed by atoms with E-state index < -0.39 is 29.0 Å². The van der Waals surface area contributed by atoms with Crippen molar-refractivity contribution in [3.05, 3.63) is 0 Å². The number of hydrogen-bond donors (Lipinski definition) is 3. The Kier molecular flexibility index (Phi) is 11.8. The molecule has 0 radical (unpaired) electrons. The van der Waals surface area contributed by atoms with Crippen LogP contribution in [0.4, 0.5) is 19.2 Å². The highest BCUT2D eigenvalue weighted by Crippen LogP contribution is 2.64. The van der Waals surface area contributed by atoms with Crippen LogP contribution in [0.25, 0.3) is 0 Å². The number of ketones is 1. The van der Waals surface area contributed by atoms with Gasteiger partial charge in [0.15, 0.2) is 0 Å². The first-order valence-electron chi connectivity index (χ1n) is 22.5. The van der Waals surface area contributed by atoms with Crippen molar-refractivity contribution in [3.63, 3.8) is 0 Å². The van der Waals surface area contributed by atoms with Crippen LogP contribution < -0.4 is 10.6 Å². The normalized spacial score (nSPS) is 38.0. The number of aliphatic hydroxyl groups is 1. The monoisotopic (exact) mass is 829 g/mol. The summed E-state index contributed by atoms with van der Waals surface area (Å²) in [4.78, 5) is 65.3. The van der Waals surface area contributed by atoms with E-state index in [0.29, 0.717) is 80.3 Å². The van der Waals surface area contributed by atoms with Crippen molar-refractivity contribution in [1.82, 2.24) is 20.4 Å². The molecule has 4 amide bonds. The molecule has 8 saturated carbocycles. The van der Waals surface area contributed by atoms with Gasteiger partial charge in [0.2, 0.25) is 0 Å². The molecule has 2 saturated heterocycles. The third-order valence-corrected chi connectivity index (χ3v) is 15.2. The summed E-state index contributed by atoms with van der Waals surface area (Å²) in [5, 5.41) is 16.5. The molecule has 8 aliphatic carbocycles. The first kappa shape index (κ1) is 43.8. The summed E-state index contributed by atoms with van der Waals surface area (Å²) in [6.07, 6.45) is 9.99. The van der Waals surface area contributed by atoms with Crippen LogP contribution in [0.2, 0.25) is 0 Å². The molecule has 3 N–H and O–H groups in total. The topological polar surface area (TPSA) is 173 Å². The SMILES string of the molecule is CC(=O)C12CC3CC(C1)C(OC(=O)N1CC[C@@H](NC(=O)OC(C)(C)C)C1)C(C3)C2.CC(C)(C)OC(=O)N[C@@H]1CCN(C(=O)OC2C3CC4CC2CC(C(C)(C)O)(C4)C3)C1. The van der Waals surface area contributed by atoms with Gasteiger partial charge < -0.3 is 44.5 Å². The Bertz CT molecular complexity index is 1600. The maximum atomic E-state index is 12.9. The molecule has 2 aliphatic heterocycles. The summed E-state index contributed by atoms with van der Waals surface area (Å²) in [7, 11) is 0. The van der Waals surface area contributed by atoms with Crippen molar-refractivity contribution in [3.8, 4) is 0 Å². The van der Waals surface area contributed by atoms with Crippen LogP contribution in [0.15, 0.2) is 0 Å². The molecular weight excluding hydrogens is 757 g/mol. The van der Waals surface area contributed by atoms with Crippen LogP contribution in [-0.2, 0) is 23.7 Å². The van der Waals surface area contributed by atoms with Gasteiger partial charge in [0.25, 0.3) is 0 Å². The third-order valence-electron chi connectivity index (χ3n) is 15.2. The van der Waals surface area contributed by atoms with Gasteiger partial charge in [-0.2, -0.15) is 0 Å². The molecule has 10 rings (SSSR count). The van der Waals surface area contributed by atoms with Crippen molar-refractivity contribution in [2.24, 2.45) is 46.3 Å². The van der Waals surface area contributed by atoms with E-state index in [-0.39, 0.29) is 47.3 Å². The fourth-order valence-electron chi connectivity index (χ4n) is 12.9. The number of amides is 4. The number of carbonyl (C=O) groups is 5. The predicted octanol–water partition coefficient (Wildman–Crippen LogP) is 7.19. The zero-order valence-corrected chi connectivity index (χ0v) is 37.1. The van der Waals surface area contributed by atoms with Gasteiger partial charge in [-0.3, -0.25) is 4.79 Å². The van der Waals surface area contributed by atoms with Crippen LogP contribution in [0, 0.1) is 46.3 Å². The van der Waals surface area contributed by atoms with Crippen molar-refractivity contribution < 1.29 is 48.0 Å². The molecule has 0 aromatic heterocycles. The maximum Gasteiger partial charge on any atom is 0.410 e. The smallest absolute Gasteiger partial charge is 0.410 e. The second-order valence-electron chi connectivity index (χ2n) is 22.5. The van der Waals surface area contributed by atoms with E-state index in [1.807, 2.05) is 55.4 Å². The fourth-order valence-corrected chi connectivity index (χ4v) is 12.9. The Labute approximate surface area is 350 Å². The number of likely N-dealkylation sites (tertiary alicyclic amines) is 2. The fraction of sp³-hybridized carbons (Fsp3) is 0.889. The first-order chi connectivity index (χ1) is 27.4. The summed E-state index contributed by atoms with van der Waals surface area (Å²) in [5.41, 5.74) is -1.95. The first-order valence-corrected chi connectivity index (χ1v) is 22.5. The average molecular weight is 829 g/mol. The summed E-state index contributed by atoms with van der Waals surface area (Å²) in [6, 6.07) is -0.221. The Morgan fingerprint density at radius 1 is 0.593 bits per heavy atom. The highest BCUT2D eigenvalue weighted by atomic mass is 16.6. The third kappa shape index (κ3) is 9.62. The predicted molar refractivity (Wildman–Crippen MR) is 218 cm³/mol. The molecule has 6 atom stereocenters. The van der Waals surface area contributed by atoms with E-state index in [1.54, 1.807) is 16.7 Å². The summed E-state index contributed by atoms with van der Waals surface area (Å²) >= 11 is 0. The van der Waals surface area contributed by atoms with Gasteiger partial charge in [-0.25, -0.2) is 19.2 Å². The molecule has 332 valence electrons. The lowest BCUT2D eigenvalue weighted by molar-refractivity contribution is -0.200. The second-order valence-corrected chi connectivity index (χ2v) is 22.5. The number of alkyl carbamates (subject to hydrolysis) is 2. The van der Waals surface area contributed by atoms with E-state index in [2.05, 4.69) is 10.6 Å². The van der Waals surface area contributed by atoms with E-state index in [1.165, 1.54) is 0 Å². The molecule has 14 nitrogen and oxygen atoms in total. The Morgan fingerprint density at radius 3 is 1.36 bits per heavy atom. The average Bonchev–Trinajstić information content (AvgIpc) is 3.75. The number of carbonyl (C=O) groups excluding carboxylic acids is 5. The number of hydrogen-bond acceptors (Lipinski definition) is 10. The minimum Gasteiger partial charge on any atom is -0.446 e. The zero-order chi connectivity index (χ0) is 42.9. The summed E-state index contributed by atoms with van der Waals surface area (Å²) in [5.74, 6) is 2.91. The molecule has 10 aliphatic rings. The minimum atomic E-state index is -0.687. The number of rotatable bonds is 6. The number of nitrogens with one attached hydrogen (secondary N) is 2. The van der Waals surface area contributed by atoms with Crippen LogP contribution in [-0.4, -0.2) is 112 Å². The van der Waals surface area contributed by atoms with Gasteiger partial charge in [0, 0.05) is 31.6 Å². The van der Waals surface area contributed by atoms with Crippen LogP contribution >= 0.6 is 0 Å². The lowest BCUT2D eigenvalue weighted by atomic mass is 9.45. The van der Waals surface area contributed by atoms with Gasteiger partial charge in [-0.1, -0.05) is 0 Å². The Morgan fingerprint density at radius 2 is 0.983 bits per heavy atom. The summed E-state index contributed by atoms with van der Waals surface area (Å²) in [6.45, 7) is 18.6. The zero-order valence-electron chi connectivity index (χ0n) is 37.1. The minimum absolute atomic E-state index is 0.0253.